The van der Waals surface area contributed by atoms with Crippen molar-refractivity contribution in [3.63, 3.8) is 0 Å². The van der Waals surface area contributed by atoms with Crippen LogP contribution < -0.4 is 0 Å². The molecule has 7 heteroatoms. The lowest BCUT2D eigenvalue weighted by molar-refractivity contribution is -0.384. The van der Waals surface area contributed by atoms with Crippen molar-refractivity contribution in [1.29, 1.82) is 0 Å². The van der Waals surface area contributed by atoms with Crippen LogP contribution in [0.4, 0.5) is 5.69 Å². The molecule has 0 aliphatic carbocycles. The topological polar surface area (TPSA) is 60.2 Å². The Morgan fingerprint density at radius 3 is 2.60 bits per heavy atom. The number of nitro groups is 1. The van der Waals surface area contributed by atoms with Crippen LogP contribution in [0.15, 0.2) is 12.1 Å². The minimum atomic E-state index is -0.598. The van der Waals surface area contributed by atoms with Gasteiger partial charge in [0.15, 0.2) is 5.78 Å². The Kier molecular flexibility index (Phi) is 4.30. The van der Waals surface area contributed by atoms with Gasteiger partial charge in [-0.2, -0.15) is 0 Å². The summed E-state index contributed by atoms with van der Waals surface area (Å²) in [6.45, 7) is 0. The average molecular weight is 360 g/mol. The van der Waals surface area contributed by atoms with Crippen molar-refractivity contribution in [3.8, 4) is 0 Å². The van der Waals surface area contributed by atoms with Crippen LogP contribution in [0.5, 0.6) is 0 Å². The molecule has 0 unspecified atom stereocenters. The Bertz CT molecular complexity index is 436. The molecule has 0 amide bonds. The summed E-state index contributed by atoms with van der Waals surface area (Å²) >= 11 is 12.9. The van der Waals surface area contributed by atoms with Crippen LogP contribution in [0, 0.1) is 13.7 Å². The summed E-state index contributed by atoms with van der Waals surface area (Å²) in [5, 5.41) is 10.5. The molecule has 4 nitrogen and oxygen atoms in total. The van der Waals surface area contributed by atoms with E-state index < -0.39 is 4.92 Å². The number of benzene rings is 1. The molecule has 0 aliphatic heterocycles. The molecule has 1 aromatic carbocycles. The number of hydrogen-bond acceptors (Lipinski definition) is 3. The molecular formula is C8H4Cl2INO3. The Balaban J connectivity index is 3.31. The number of nitrogens with zero attached hydrogens (tertiary/aromatic N) is 1. The maximum absolute atomic E-state index is 11.3. The highest BCUT2D eigenvalue weighted by atomic mass is 127. The van der Waals surface area contributed by atoms with Gasteiger partial charge >= 0.3 is 0 Å². The molecule has 0 heterocycles. The zero-order valence-corrected chi connectivity index (χ0v) is 10.8. The molecule has 0 aliphatic rings. The highest BCUT2D eigenvalue weighted by molar-refractivity contribution is 14.1. The smallest absolute Gasteiger partial charge is 0.288 e. The van der Waals surface area contributed by atoms with Gasteiger partial charge in [-0.1, -0.05) is 11.6 Å². The van der Waals surface area contributed by atoms with Crippen molar-refractivity contribution >= 4 is 57.3 Å². The minimum Gasteiger partial charge on any atom is -0.293 e. The molecule has 0 radical (unpaired) electrons. The molecular weight excluding hydrogens is 356 g/mol. The number of alkyl halides is 1. The summed E-state index contributed by atoms with van der Waals surface area (Å²) in [6, 6.07) is 2.52. The summed E-state index contributed by atoms with van der Waals surface area (Å²) in [7, 11) is 0. The predicted octanol–water partition coefficient (Wildman–Crippen LogP) is 3.27. The largest absolute Gasteiger partial charge is 0.293 e. The lowest BCUT2D eigenvalue weighted by atomic mass is 10.1. The third kappa shape index (κ3) is 2.79. The molecule has 0 N–H and O–H groups in total. The van der Waals surface area contributed by atoms with Crippen molar-refractivity contribution in [2.45, 2.75) is 0 Å². The summed E-state index contributed by atoms with van der Waals surface area (Å²) in [6.07, 6.45) is 0. The van der Waals surface area contributed by atoms with E-state index in [1.165, 1.54) is 12.1 Å². The number of nitro benzene ring substituents is 1. The van der Waals surface area contributed by atoms with Crippen molar-refractivity contribution in [2.75, 3.05) is 5.88 Å². The minimum absolute atomic E-state index is 0.0612. The highest BCUT2D eigenvalue weighted by Gasteiger charge is 2.18. The van der Waals surface area contributed by atoms with Crippen LogP contribution in [0.25, 0.3) is 0 Å². The fourth-order valence-electron chi connectivity index (χ4n) is 0.962. The normalized spacial score (nSPS) is 10.1. The van der Waals surface area contributed by atoms with E-state index >= 15 is 0 Å². The van der Waals surface area contributed by atoms with Crippen molar-refractivity contribution in [2.24, 2.45) is 0 Å². The Hall–Kier alpha value is -0.400. The first-order valence-electron chi connectivity index (χ1n) is 3.70. The predicted molar refractivity (Wildman–Crippen MR) is 65.9 cm³/mol. The van der Waals surface area contributed by atoms with E-state index in [-0.39, 0.29) is 22.4 Å². The van der Waals surface area contributed by atoms with Crippen LogP contribution in [0.3, 0.4) is 0 Å². The lowest BCUT2D eigenvalue weighted by Gasteiger charge is -2.02. The summed E-state index contributed by atoms with van der Waals surface area (Å²) in [5.74, 6) is -0.484. The van der Waals surface area contributed by atoms with Gasteiger partial charge < -0.3 is 0 Å². The SMILES string of the molecule is O=C(CCl)c1cc(Cl)c([N+](=O)[O-])cc1I. The van der Waals surface area contributed by atoms with Gasteiger partial charge in [-0.25, -0.2) is 0 Å². The zero-order chi connectivity index (χ0) is 11.6. The molecule has 80 valence electrons. The third-order valence-corrected chi connectivity index (χ3v) is 3.09. The molecule has 0 fully saturated rings. The van der Waals surface area contributed by atoms with Gasteiger partial charge in [0, 0.05) is 15.2 Å². The van der Waals surface area contributed by atoms with Crippen LogP contribution in [-0.2, 0) is 0 Å². The number of Topliss-reactive ketones (excluding diaryl/α,β-unsaturated/α-hetero) is 1. The van der Waals surface area contributed by atoms with E-state index in [2.05, 4.69) is 0 Å². The molecule has 0 atom stereocenters. The molecule has 0 saturated carbocycles. The van der Waals surface area contributed by atoms with Crippen LogP contribution >= 0.6 is 45.8 Å². The Morgan fingerprint density at radius 1 is 1.53 bits per heavy atom. The third-order valence-electron chi connectivity index (χ3n) is 1.65. The Morgan fingerprint density at radius 2 is 2.13 bits per heavy atom. The first kappa shape index (κ1) is 12.7. The lowest BCUT2D eigenvalue weighted by Crippen LogP contribution is -2.04. The van der Waals surface area contributed by atoms with E-state index in [4.69, 9.17) is 23.2 Å². The van der Waals surface area contributed by atoms with Crippen molar-refractivity contribution in [3.05, 3.63) is 36.4 Å². The van der Waals surface area contributed by atoms with Gasteiger partial charge in [0.2, 0.25) is 0 Å². The second-order valence-corrected chi connectivity index (χ2v) is 4.43. The van der Waals surface area contributed by atoms with Gasteiger partial charge in [0.1, 0.15) is 5.02 Å². The Labute approximate surface area is 109 Å². The molecule has 1 rings (SSSR count). The monoisotopic (exact) mass is 359 g/mol. The maximum Gasteiger partial charge on any atom is 0.288 e. The summed E-state index contributed by atoms with van der Waals surface area (Å²) < 4.78 is 0.467. The number of carbonyl (C=O) groups excluding carboxylic acids is 1. The molecule has 15 heavy (non-hydrogen) atoms. The van der Waals surface area contributed by atoms with E-state index in [0.29, 0.717) is 9.13 Å². The maximum atomic E-state index is 11.3. The zero-order valence-electron chi connectivity index (χ0n) is 7.17. The van der Waals surface area contributed by atoms with E-state index in [1.54, 1.807) is 0 Å². The van der Waals surface area contributed by atoms with E-state index in [0.717, 1.165) is 0 Å². The van der Waals surface area contributed by atoms with Crippen LogP contribution in [-0.4, -0.2) is 16.6 Å². The van der Waals surface area contributed by atoms with Gasteiger partial charge in [-0.15, -0.1) is 11.6 Å². The summed E-state index contributed by atoms with van der Waals surface area (Å²) in [4.78, 5) is 21.2. The number of rotatable bonds is 3. The first-order valence-corrected chi connectivity index (χ1v) is 5.69. The van der Waals surface area contributed by atoms with Crippen molar-refractivity contribution < 1.29 is 9.72 Å². The second-order valence-electron chi connectivity index (χ2n) is 2.60. The fourth-order valence-corrected chi connectivity index (χ4v) is 2.09. The van der Waals surface area contributed by atoms with Crippen LogP contribution in [0.2, 0.25) is 5.02 Å². The standard InChI is InChI=1S/C8H4Cl2INO3/c9-3-8(13)4-1-5(10)7(12(14)15)2-6(4)11/h1-2H,3H2. The van der Waals surface area contributed by atoms with Crippen LogP contribution in [0.1, 0.15) is 10.4 Å². The number of carbonyl (C=O) groups is 1. The molecule has 0 saturated heterocycles. The second kappa shape index (κ2) is 5.09. The number of halogens is 3. The van der Waals surface area contributed by atoms with Crippen molar-refractivity contribution in [1.82, 2.24) is 0 Å². The first-order chi connectivity index (χ1) is 6.97. The van der Waals surface area contributed by atoms with Gasteiger partial charge in [-0.3, -0.25) is 14.9 Å². The summed E-state index contributed by atoms with van der Waals surface area (Å²) in [5.41, 5.74) is 0.0911. The fraction of sp³-hybridized carbons (Fsp3) is 0.125. The molecule has 1 aromatic rings. The van der Waals surface area contributed by atoms with Gasteiger partial charge in [-0.05, 0) is 28.7 Å². The van der Waals surface area contributed by atoms with Gasteiger partial charge in [0.25, 0.3) is 5.69 Å². The average Bonchev–Trinajstić information content (AvgIpc) is 2.19. The molecule has 0 bridgehead atoms. The quantitative estimate of drug-likeness (QED) is 0.273. The van der Waals surface area contributed by atoms with E-state index in [1.807, 2.05) is 22.6 Å². The number of ketones is 1. The molecule has 0 spiro atoms. The van der Waals surface area contributed by atoms with E-state index in [9.17, 15) is 14.9 Å². The van der Waals surface area contributed by atoms with Gasteiger partial charge in [0.05, 0.1) is 10.8 Å². The number of hydrogen-bond donors (Lipinski definition) is 0. The molecule has 0 aromatic heterocycles. The highest BCUT2D eigenvalue weighted by Crippen LogP contribution is 2.29.